The van der Waals surface area contributed by atoms with E-state index in [1.807, 2.05) is 16.7 Å². The Morgan fingerprint density at radius 1 is 0.872 bits per heavy atom. The van der Waals surface area contributed by atoms with Crippen molar-refractivity contribution in [2.45, 2.75) is 62.4 Å². The lowest BCUT2D eigenvalue weighted by atomic mass is 9.62. The fourth-order valence-electron chi connectivity index (χ4n) is 6.69. The van der Waals surface area contributed by atoms with E-state index in [0.717, 1.165) is 77.5 Å². The van der Waals surface area contributed by atoms with Gasteiger partial charge in [-0.2, -0.15) is 0 Å². The Bertz CT molecular complexity index is 1710. The summed E-state index contributed by atoms with van der Waals surface area (Å²) in [7, 11) is 0. The first kappa shape index (κ1) is 24.4. The molecule has 0 amide bonds. The number of aryl methyl sites for hydroxylation is 2. The van der Waals surface area contributed by atoms with Crippen LogP contribution in [-0.4, -0.2) is 24.9 Å². The number of fused-ring (bicyclic) bond motifs is 6. The average molecular weight is 533 g/mol. The molecule has 2 aromatic heterocycles. The van der Waals surface area contributed by atoms with Gasteiger partial charge in [0.1, 0.15) is 0 Å². The van der Waals surface area contributed by atoms with E-state index in [0.29, 0.717) is 5.78 Å². The van der Waals surface area contributed by atoms with E-state index in [2.05, 4.69) is 83.2 Å². The van der Waals surface area contributed by atoms with Crippen molar-refractivity contribution in [1.29, 1.82) is 0 Å². The van der Waals surface area contributed by atoms with E-state index in [1.54, 1.807) is 11.8 Å². The highest BCUT2D eigenvalue weighted by molar-refractivity contribution is 7.99. The zero-order valence-corrected chi connectivity index (χ0v) is 23.1. The van der Waals surface area contributed by atoms with Crippen LogP contribution in [0.2, 0.25) is 0 Å². The molecule has 0 unspecified atom stereocenters. The van der Waals surface area contributed by atoms with Crippen molar-refractivity contribution in [2.24, 2.45) is 0 Å². The molecule has 0 radical (unpaired) electrons. The number of thioether (sulfide) groups is 1. The van der Waals surface area contributed by atoms with Gasteiger partial charge >= 0.3 is 0 Å². The third-order valence-corrected chi connectivity index (χ3v) is 9.52. The highest BCUT2D eigenvalue weighted by Gasteiger charge is 2.44. The lowest BCUT2D eigenvalue weighted by Gasteiger charge is -2.42. The summed E-state index contributed by atoms with van der Waals surface area (Å²) in [6.07, 6.45) is 7.50. The number of aromatic nitrogens is 4. The van der Waals surface area contributed by atoms with Gasteiger partial charge in [0.2, 0.25) is 5.78 Å². The molecule has 5 nitrogen and oxygen atoms in total. The van der Waals surface area contributed by atoms with Crippen LogP contribution >= 0.6 is 11.8 Å². The molecule has 3 aromatic carbocycles. The largest absolute Gasteiger partial charge is 0.268 e. The second kappa shape index (κ2) is 9.83. The summed E-state index contributed by atoms with van der Waals surface area (Å²) in [5, 5.41) is 10.2. The number of benzene rings is 3. The summed E-state index contributed by atoms with van der Waals surface area (Å²) in [6.45, 7) is 2.07. The predicted octanol–water partition coefficient (Wildman–Crippen LogP) is 6.95. The van der Waals surface area contributed by atoms with Crippen molar-refractivity contribution >= 4 is 17.5 Å². The maximum Gasteiger partial charge on any atom is 0.263 e. The minimum atomic E-state index is -0.157. The van der Waals surface area contributed by atoms with Gasteiger partial charge in [0.15, 0.2) is 5.16 Å². The van der Waals surface area contributed by atoms with E-state index in [-0.39, 0.29) is 11.0 Å². The smallest absolute Gasteiger partial charge is 0.263 e. The second-order valence-corrected chi connectivity index (χ2v) is 12.1. The fourth-order valence-corrected chi connectivity index (χ4v) is 7.61. The molecule has 1 spiro atoms. The van der Waals surface area contributed by atoms with E-state index in [9.17, 15) is 4.79 Å². The number of nitrogens with zero attached hydrogens (tertiary/aromatic N) is 4. The lowest BCUT2D eigenvalue weighted by molar-refractivity contribution is 0.284. The number of hydrogen-bond acceptors (Lipinski definition) is 4. The van der Waals surface area contributed by atoms with Crippen LogP contribution < -0.4 is 5.56 Å². The summed E-state index contributed by atoms with van der Waals surface area (Å²) < 4.78 is 4.01. The predicted molar refractivity (Wildman–Crippen MR) is 158 cm³/mol. The van der Waals surface area contributed by atoms with Crippen LogP contribution in [-0.2, 0) is 18.3 Å². The molecule has 6 heteroatoms. The molecule has 0 saturated heterocycles. The molecule has 39 heavy (non-hydrogen) atoms. The molecule has 1 fully saturated rings. The Labute approximate surface area is 232 Å². The van der Waals surface area contributed by atoms with Crippen molar-refractivity contribution in [1.82, 2.24) is 19.2 Å². The van der Waals surface area contributed by atoms with Gasteiger partial charge in [-0.3, -0.25) is 9.20 Å². The van der Waals surface area contributed by atoms with Gasteiger partial charge in [0.05, 0.1) is 11.4 Å². The highest BCUT2D eigenvalue weighted by Crippen LogP contribution is 2.49. The van der Waals surface area contributed by atoms with Gasteiger partial charge in [-0.15, -0.1) is 10.2 Å². The standard InChI is InChI=1S/C33H32N4OS/c1-23-14-16-26(17-15-23)36-30(38)28-29(27-13-7-6-12-25(27)22-33(28)19-8-3-9-20-33)37-31(36)34-35-32(37)39-21-18-24-10-4-2-5-11-24/h2,4-7,10-17H,3,8-9,18-22H2,1H3. The molecule has 196 valence electrons. The zero-order chi connectivity index (χ0) is 26.4. The van der Waals surface area contributed by atoms with Crippen molar-refractivity contribution in [3.8, 4) is 16.9 Å². The summed E-state index contributed by atoms with van der Waals surface area (Å²) in [4.78, 5) is 14.7. The van der Waals surface area contributed by atoms with Crippen molar-refractivity contribution in [3.63, 3.8) is 0 Å². The maximum absolute atomic E-state index is 14.7. The quantitative estimate of drug-likeness (QED) is 0.230. The minimum Gasteiger partial charge on any atom is -0.268 e. The minimum absolute atomic E-state index is 0.0611. The Balaban J connectivity index is 1.48. The number of hydrogen-bond donors (Lipinski definition) is 0. The topological polar surface area (TPSA) is 52.2 Å². The SMILES string of the molecule is Cc1ccc(-n2c(=O)c3c(n4c(SCCc5ccccc5)nnc24)-c2ccccc2CC32CCCCC2)cc1. The molecular formula is C33H32N4OS. The maximum atomic E-state index is 14.7. The third-order valence-electron chi connectivity index (χ3n) is 8.59. The van der Waals surface area contributed by atoms with Gasteiger partial charge in [0.25, 0.3) is 5.56 Å². The second-order valence-electron chi connectivity index (χ2n) is 11.1. The van der Waals surface area contributed by atoms with Gasteiger partial charge in [-0.25, -0.2) is 4.57 Å². The average Bonchev–Trinajstić information content (AvgIpc) is 3.38. The molecule has 1 saturated carbocycles. The molecule has 5 aromatic rings. The van der Waals surface area contributed by atoms with E-state index in [1.165, 1.54) is 17.5 Å². The Kier molecular flexibility index (Phi) is 6.15. The normalized spacial score (nSPS) is 15.8. The Hall–Kier alpha value is -3.64. The molecule has 0 aliphatic heterocycles. The molecular weight excluding hydrogens is 500 g/mol. The Morgan fingerprint density at radius 3 is 2.41 bits per heavy atom. The Morgan fingerprint density at radius 2 is 1.62 bits per heavy atom. The van der Waals surface area contributed by atoms with Crippen molar-refractivity contribution < 1.29 is 0 Å². The van der Waals surface area contributed by atoms with Crippen LogP contribution in [0, 0.1) is 6.92 Å². The van der Waals surface area contributed by atoms with Crippen LogP contribution in [0.15, 0.2) is 88.8 Å². The van der Waals surface area contributed by atoms with Gasteiger partial charge in [-0.1, -0.05) is 103 Å². The molecule has 0 bridgehead atoms. The first-order valence-electron chi connectivity index (χ1n) is 14.0. The van der Waals surface area contributed by atoms with Crippen LogP contribution in [0.3, 0.4) is 0 Å². The fraction of sp³-hybridized carbons (Fsp3) is 0.303. The molecule has 0 atom stereocenters. The molecule has 0 N–H and O–H groups in total. The lowest BCUT2D eigenvalue weighted by Crippen LogP contribution is -2.43. The van der Waals surface area contributed by atoms with Gasteiger partial charge in [-0.05, 0) is 55.9 Å². The number of rotatable bonds is 5. The van der Waals surface area contributed by atoms with Crippen LogP contribution in [0.25, 0.3) is 22.7 Å². The monoisotopic (exact) mass is 532 g/mol. The van der Waals surface area contributed by atoms with E-state index in [4.69, 9.17) is 5.10 Å². The molecule has 2 aliphatic rings. The molecule has 7 rings (SSSR count). The zero-order valence-electron chi connectivity index (χ0n) is 22.3. The summed E-state index contributed by atoms with van der Waals surface area (Å²) >= 11 is 1.72. The first-order valence-corrected chi connectivity index (χ1v) is 15.0. The van der Waals surface area contributed by atoms with Crippen molar-refractivity contribution in [2.75, 3.05) is 5.75 Å². The van der Waals surface area contributed by atoms with Crippen LogP contribution in [0.4, 0.5) is 0 Å². The highest BCUT2D eigenvalue weighted by atomic mass is 32.2. The van der Waals surface area contributed by atoms with E-state index < -0.39 is 0 Å². The molecule has 2 heterocycles. The van der Waals surface area contributed by atoms with Gasteiger partial charge < -0.3 is 0 Å². The van der Waals surface area contributed by atoms with Crippen molar-refractivity contribution in [3.05, 3.63) is 111 Å². The van der Waals surface area contributed by atoms with E-state index >= 15 is 0 Å². The summed E-state index contributed by atoms with van der Waals surface area (Å²) in [5.41, 5.74) is 7.66. The summed E-state index contributed by atoms with van der Waals surface area (Å²) in [5.74, 6) is 1.48. The van der Waals surface area contributed by atoms with Crippen LogP contribution in [0.5, 0.6) is 0 Å². The van der Waals surface area contributed by atoms with Gasteiger partial charge in [0, 0.05) is 22.3 Å². The summed E-state index contributed by atoms with van der Waals surface area (Å²) in [6, 6.07) is 27.4. The first-order chi connectivity index (χ1) is 19.1. The van der Waals surface area contributed by atoms with Crippen LogP contribution in [0.1, 0.15) is 54.4 Å². The third kappa shape index (κ3) is 4.13. The molecule has 2 aliphatic carbocycles.